The first-order chi connectivity index (χ1) is 13.1. The van der Waals surface area contributed by atoms with Crippen molar-refractivity contribution in [2.75, 3.05) is 7.11 Å². The maximum Gasteiger partial charge on any atom is 0.338 e. The van der Waals surface area contributed by atoms with Gasteiger partial charge >= 0.3 is 11.9 Å². The first-order valence-corrected chi connectivity index (χ1v) is 8.79. The van der Waals surface area contributed by atoms with E-state index in [1.165, 1.54) is 7.11 Å². The highest BCUT2D eigenvalue weighted by molar-refractivity contribution is 5.90. The average molecular weight is 370 g/mol. The maximum atomic E-state index is 12.5. The highest BCUT2D eigenvalue weighted by atomic mass is 16.7. The van der Waals surface area contributed by atoms with Gasteiger partial charge in [0.2, 0.25) is 0 Å². The van der Waals surface area contributed by atoms with E-state index in [-0.39, 0.29) is 6.42 Å². The van der Waals surface area contributed by atoms with Crippen LogP contribution in [0.3, 0.4) is 0 Å². The standard InChI is InChI=1S/C21H22O6/c1-14-19(27-21(23)16-11-7-4-8-12-16)17(13-18(24-2)25-14)26-20(22)15-9-5-3-6-10-15/h3-12,14,17-19H,13H2,1-2H3/t14-,17-,18+,19+/m0/s1. The molecule has 2 aromatic rings. The summed E-state index contributed by atoms with van der Waals surface area (Å²) in [6, 6.07) is 17.3. The molecule has 0 aliphatic carbocycles. The van der Waals surface area contributed by atoms with Crippen molar-refractivity contribution in [3.05, 3.63) is 71.8 Å². The summed E-state index contributed by atoms with van der Waals surface area (Å²) in [6.07, 6.45) is -2.19. The summed E-state index contributed by atoms with van der Waals surface area (Å²) in [7, 11) is 1.52. The van der Waals surface area contributed by atoms with Crippen molar-refractivity contribution in [1.29, 1.82) is 0 Å². The summed E-state index contributed by atoms with van der Waals surface area (Å²) in [5.74, 6) is -0.974. The Balaban J connectivity index is 1.76. The molecule has 6 heteroatoms. The molecule has 0 amide bonds. The van der Waals surface area contributed by atoms with Gasteiger partial charge in [-0.25, -0.2) is 9.59 Å². The zero-order chi connectivity index (χ0) is 19.2. The van der Waals surface area contributed by atoms with Crippen LogP contribution in [0, 0.1) is 0 Å². The van der Waals surface area contributed by atoms with Crippen LogP contribution >= 0.6 is 0 Å². The molecule has 0 aromatic heterocycles. The highest BCUT2D eigenvalue weighted by Gasteiger charge is 2.42. The molecule has 1 aliphatic heterocycles. The quantitative estimate of drug-likeness (QED) is 0.753. The van der Waals surface area contributed by atoms with Gasteiger partial charge in [0.05, 0.1) is 17.2 Å². The predicted octanol–water partition coefficient (Wildman–Crippen LogP) is 3.22. The Morgan fingerprint density at radius 1 is 0.889 bits per heavy atom. The van der Waals surface area contributed by atoms with Gasteiger partial charge in [-0.3, -0.25) is 0 Å². The topological polar surface area (TPSA) is 71.1 Å². The van der Waals surface area contributed by atoms with E-state index in [9.17, 15) is 9.59 Å². The van der Waals surface area contributed by atoms with Gasteiger partial charge in [0.15, 0.2) is 12.4 Å². The Hall–Kier alpha value is -2.70. The largest absolute Gasteiger partial charge is 0.455 e. The molecular formula is C21H22O6. The molecule has 1 aliphatic rings. The molecule has 0 bridgehead atoms. The first-order valence-electron chi connectivity index (χ1n) is 8.79. The minimum absolute atomic E-state index is 0.270. The number of benzene rings is 2. The summed E-state index contributed by atoms with van der Waals surface area (Å²) in [5.41, 5.74) is 0.852. The van der Waals surface area contributed by atoms with Crippen LogP contribution in [-0.4, -0.2) is 43.7 Å². The molecule has 0 saturated carbocycles. The van der Waals surface area contributed by atoms with E-state index in [1.54, 1.807) is 55.5 Å². The monoisotopic (exact) mass is 370 g/mol. The van der Waals surface area contributed by atoms with Crippen LogP contribution in [0.5, 0.6) is 0 Å². The maximum absolute atomic E-state index is 12.5. The van der Waals surface area contributed by atoms with Crippen LogP contribution in [0.15, 0.2) is 60.7 Å². The average Bonchev–Trinajstić information content (AvgIpc) is 2.71. The van der Waals surface area contributed by atoms with E-state index in [0.29, 0.717) is 11.1 Å². The summed E-state index contributed by atoms with van der Waals surface area (Å²) >= 11 is 0. The number of hydrogen-bond donors (Lipinski definition) is 0. The normalized spacial score (nSPS) is 24.8. The van der Waals surface area contributed by atoms with Crippen LogP contribution in [0.2, 0.25) is 0 Å². The lowest BCUT2D eigenvalue weighted by molar-refractivity contribution is -0.236. The molecule has 0 N–H and O–H groups in total. The van der Waals surface area contributed by atoms with E-state index in [4.69, 9.17) is 18.9 Å². The molecule has 3 rings (SSSR count). The Labute approximate surface area is 158 Å². The van der Waals surface area contributed by atoms with Gasteiger partial charge in [-0.15, -0.1) is 0 Å². The fourth-order valence-corrected chi connectivity index (χ4v) is 2.98. The second-order valence-corrected chi connectivity index (χ2v) is 6.29. The molecule has 1 saturated heterocycles. The molecule has 27 heavy (non-hydrogen) atoms. The fourth-order valence-electron chi connectivity index (χ4n) is 2.98. The van der Waals surface area contributed by atoms with Crippen LogP contribution < -0.4 is 0 Å². The van der Waals surface area contributed by atoms with Crippen LogP contribution in [-0.2, 0) is 18.9 Å². The van der Waals surface area contributed by atoms with Gasteiger partial charge in [-0.2, -0.15) is 0 Å². The van der Waals surface area contributed by atoms with Gasteiger partial charge in [0.25, 0.3) is 0 Å². The summed E-state index contributed by atoms with van der Waals surface area (Å²) in [4.78, 5) is 24.9. The Kier molecular flexibility index (Phi) is 6.21. The molecule has 1 heterocycles. The third kappa shape index (κ3) is 4.72. The Morgan fingerprint density at radius 3 is 1.93 bits per heavy atom. The van der Waals surface area contributed by atoms with Crippen LogP contribution in [0.25, 0.3) is 0 Å². The second-order valence-electron chi connectivity index (χ2n) is 6.29. The van der Waals surface area contributed by atoms with Gasteiger partial charge < -0.3 is 18.9 Å². The van der Waals surface area contributed by atoms with E-state index in [0.717, 1.165) is 0 Å². The number of carbonyl (C=O) groups excluding carboxylic acids is 2. The summed E-state index contributed by atoms with van der Waals surface area (Å²) in [6.45, 7) is 1.76. The molecule has 2 aromatic carbocycles. The minimum Gasteiger partial charge on any atom is -0.455 e. The lowest BCUT2D eigenvalue weighted by Gasteiger charge is -2.38. The fraction of sp³-hybridized carbons (Fsp3) is 0.333. The smallest absolute Gasteiger partial charge is 0.338 e. The van der Waals surface area contributed by atoms with E-state index in [2.05, 4.69) is 0 Å². The lowest BCUT2D eigenvalue weighted by atomic mass is 10.0. The van der Waals surface area contributed by atoms with Crippen molar-refractivity contribution in [3.8, 4) is 0 Å². The molecular weight excluding hydrogens is 348 g/mol. The third-order valence-electron chi connectivity index (χ3n) is 4.40. The number of esters is 2. The van der Waals surface area contributed by atoms with Gasteiger partial charge in [-0.05, 0) is 31.2 Å². The van der Waals surface area contributed by atoms with E-state index >= 15 is 0 Å². The van der Waals surface area contributed by atoms with Crippen LogP contribution in [0.1, 0.15) is 34.1 Å². The van der Waals surface area contributed by atoms with E-state index in [1.807, 2.05) is 12.1 Å². The van der Waals surface area contributed by atoms with E-state index < -0.39 is 36.5 Å². The highest BCUT2D eigenvalue weighted by Crippen LogP contribution is 2.27. The van der Waals surface area contributed by atoms with Crippen molar-refractivity contribution in [1.82, 2.24) is 0 Å². The number of carbonyl (C=O) groups is 2. The first kappa shape index (κ1) is 19.1. The Bertz CT molecular complexity index is 761. The number of rotatable bonds is 5. The molecule has 6 nitrogen and oxygen atoms in total. The summed E-state index contributed by atoms with van der Waals surface area (Å²) < 4.78 is 22.3. The zero-order valence-electron chi connectivity index (χ0n) is 15.2. The Morgan fingerprint density at radius 2 is 1.41 bits per heavy atom. The number of hydrogen-bond acceptors (Lipinski definition) is 6. The molecule has 1 fully saturated rings. The predicted molar refractivity (Wildman–Crippen MR) is 97.3 cm³/mol. The number of ether oxygens (including phenoxy) is 4. The molecule has 0 radical (unpaired) electrons. The lowest BCUT2D eigenvalue weighted by Crippen LogP contribution is -2.51. The van der Waals surface area contributed by atoms with Crippen molar-refractivity contribution < 1.29 is 28.5 Å². The van der Waals surface area contributed by atoms with Crippen molar-refractivity contribution in [2.24, 2.45) is 0 Å². The zero-order valence-corrected chi connectivity index (χ0v) is 15.2. The minimum atomic E-state index is -0.739. The van der Waals surface area contributed by atoms with Crippen molar-refractivity contribution in [2.45, 2.75) is 37.9 Å². The second kappa shape index (κ2) is 8.79. The van der Waals surface area contributed by atoms with Gasteiger partial charge in [0.1, 0.15) is 6.10 Å². The molecule has 4 atom stereocenters. The van der Waals surface area contributed by atoms with Crippen molar-refractivity contribution in [3.63, 3.8) is 0 Å². The third-order valence-corrected chi connectivity index (χ3v) is 4.40. The van der Waals surface area contributed by atoms with Gasteiger partial charge in [-0.1, -0.05) is 36.4 Å². The number of methoxy groups -OCH3 is 1. The van der Waals surface area contributed by atoms with Gasteiger partial charge in [0, 0.05) is 13.5 Å². The van der Waals surface area contributed by atoms with Crippen LogP contribution in [0.4, 0.5) is 0 Å². The molecule has 0 unspecified atom stereocenters. The summed E-state index contributed by atoms with van der Waals surface area (Å²) in [5, 5.41) is 0. The molecule has 142 valence electrons. The SMILES string of the molecule is CO[C@H]1C[C@H](OC(=O)c2ccccc2)[C@H](OC(=O)c2ccccc2)[C@H](C)O1. The molecule has 0 spiro atoms. The van der Waals surface area contributed by atoms with Crippen molar-refractivity contribution >= 4 is 11.9 Å².